The molecule has 0 fully saturated rings. The smallest absolute Gasteiger partial charge is 0.240 e. The van der Waals surface area contributed by atoms with E-state index in [0.717, 1.165) is 0 Å². The SMILES string of the molecule is CC(C)(C)NC(=O)CN(C(=O)CCC(=O)Nc1ccccn1)c1ccc2c(c1)OCO2. The molecule has 0 aliphatic carbocycles. The van der Waals surface area contributed by atoms with Crippen molar-refractivity contribution >= 4 is 29.2 Å². The Kier molecular flexibility index (Phi) is 6.74. The van der Waals surface area contributed by atoms with E-state index in [1.807, 2.05) is 20.8 Å². The van der Waals surface area contributed by atoms with Crippen LogP contribution in [-0.2, 0) is 14.4 Å². The third-order valence-electron chi connectivity index (χ3n) is 4.28. The summed E-state index contributed by atoms with van der Waals surface area (Å²) in [5.74, 6) is 0.481. The molecule has 0 unspecified atom stereocenters. The van der Waals surface area contributed by atoms with Gasteiger partial charge in [0.05, 0.1) is 0 Å². The highest BCUT2D eigenvalue weighted by molar-refractivity contribution is 6.01. The van der Waals surface area contributed by atoms with Crippen LogP contribution in [0, 0.1) is 0 Å². The zero-order valence-electron chi connectivity index (χ0n) is 17.8. The van der Waals surface area contributed by atoms with Gasteiger partial charge in [0.25, 0.3) is 0 Å². The molecule has 0 radical (unpaired) electrons. The molecular weight excluding hydrogens is 400 g/mol. The number of nitrogens with one attached hydrogen (secondary N) is 2. The Balaban J connectivity index is 1.69. The number of hydrogen-bond acceptors (Lipinski definition) is 6. The van der Waals surface area contributed by atoms with Crippen molar-refractivity contribution in [1.82, 2.24) is 10.3 Å². The molecule has 2 heterocycles. The van der Waals surface area contributed by atoms with Crippen LogP contribution in [0.5, 0.6) is 11.5 Å². The van der Waals surface area contributed by atoms with Gasteiger partial charge in [0.15, 0.2) is 11.5 Å². The number of benzene rings is 1. The van der Waals surface area contributed by atoms with Crippen LogP contribution in [0.15, 0.2) is 42.6 Å². The number of carbonyl (C=O) groups is 3. The fraction of sp³-hybridized carbons (Fsp3) is 0.364. The van der Waals surface area contributed by atoms with Gasteiger partial charge in [0.1, 0.15) is 12.4 Å². The largest absolute Gasteiger partial charge is 0.454 e. The van der Waals surface area contributed by atoms with Gasteiger partial charge in [-0.05, 0) is 45.0 Å². The van der Waals surface area contributed by atoms with E-state index in [9.17, 15) is 14.4 Å². The molecule has 0 saturated carbocycles. The molecule has 1 aromatic carbocycles. The number of hydrogen-bond donors (Lipinski definition) is 2. The zero-order chi connectivity index (χ0) is 22.4. The minimum atomic E-state index is -0.441. The van der Waals surface area contributed by atoms with E-state index in [1.165, 1.54) is 4.90 Å². The highest BCUT2D eigenvalue weighted by Gasteiger charge is 2.24. The van der Waals surface area contributed by atoms with Gasteiger partial charge in [-0.1, -0.05) is 6.07 Å². The molecule has 3 rings (SSSR count). The standard InChI is InChI=1S/C22H26N4O5/c1-22(2,3)25-20(28)13-26(15-7-8-16-17(12-15)31-14-30-16)21(29)10-9-19(27)24-18-6-4-5-11-23-18/h4-8,11-12H,9-10,13-14H2,1-3H3,(H,25,28)(H,23,24,27). The summed E-state index contributed by atoms with van der Waals surface area (Å²) in [5.41, 5.74) is 0.0481. The Labute approximate surface area is 180 Å². The summed E-state index contributed by atoms with van der Waals surface area (Å²) in [6.45, 7) is 5.50. The molecule has 0 bridgehead atoms. The molecule has 9 heteroatoms. The van der Waals surface area contributed by atoms with Crippen LogP contribution in [0.25, 0.3) is 0 Å². The van der Waals surface area contributed by atoms with Gasteiger partial charge in [-0.2, -0.15) is 0 Å². The number of fused-ring (bicyclic) bond motifs is 1. The number of aromatic nitrogens is 1. The van der Waals surface area contributed by atoms with Gasteiger partial charge in [-0.25, -0.2) is 4.98 Å². The molecule has 31 heavy (non-hydrogen) atoms. The highest BCUT2D eigenvalue weighted by Crippen LogP contribution is 2.35. The Morgan fingerprint density at radius 3 is 2.52 bits per heavy atom. The molecule has 3 amide bonds. The predicted octanol–water partition coefficient (Wildman–Crippen LogP) is 2.48. The monoisotopic (exact) mass is 426 g/mol. The molecule has 1 aliphatic rings. The summed E-state index contributed by atoms with van der Waals surface area (Å²) in [6.07, 6.45) is 1.45. The van der Waals surface area contributed by atoms with Crippen LogP contribution in [0.3, 0.4) is 0 Å². The van der Waals surface area contributed by atoms with Gasteiger partial charge in [0, 0.05) is 36.3 Å². The topological polar surface area (TPSA) is 110 Å². The number of pyridine rings is 1. The number of ether oxygens (including phenoxy) is 2. The van der Waals surface area contributed by atoms with E-state index >= 15 is 0 Å². The van der Waals surface area contributed by atoms with Crippen LogP contribution in [0.2, 0.25) is 0 Å². The number of carbonyl (C=O) groups excluding carboxylic acids is 3. The van der Waals surface area contributed by atoms with Gasteiger partial charge in [-0.15, -0.1) is 0 Å². The minimum absolute atomic E-state index is 0.0443. The van der Waals surface area contributed by atoms with Crippen LogP contribution < -0.4 is 25.0 Å². The summed E-state index contributed by atoms with van der Waals surface area (Å²) in [6, 6.07) is 10.2. The molecule has 2 aromatic rings. The summed E-state index contributed by atoms with van der Waals surface area (Å²) in [5, 5.41) is 5.49. The summed E-state index contributed by atoms with van der Waals surface area (Å²) < 4.78 is 10.7. The quantitative estimate of drug-likeness (QED) is 0.704. The molecule has 164 valence electrons. The number of rotatable bonds is 7. The lowest BCUT2D eigenvalue weighted by Gasteiger charge is -2.26. The van der Waals surface area contributed by atoms with Crippen molar-refractivity contribution in [3.63, 3.8) is 0 Å². The molecule has 0 saturated heterocycles. The lowest BCUT2D eigenvalue weighted by molar-refractivity contribution is -0.125. The first-order chi connectivity index (χ1) is 14.7. The second kappa shape index (κ2) is 9.46. The molecule has 2 N–H and O–H groups in total. The van der Waals surface area contributed by atoms with Gasteiger partial charge in [-0.3, -0.25) is 14.4 Å². The first kappa shape index (κ1) is 22.1. The Hall–Kier alpha value is -3.62. The highest BCUT2D eigenvalue weighted by atomic mass is 16.7. The fourth-order valence-corrected chi connectivity index (χ4v) is 2.98. The van der Waals surface area contributed by atoms with Crippen molar-refractivity contribution in [2.45, 2.75) is 39.2 Å². The second-order valence-corrected chi connectivity index (χ2v) is 8.08. The fourth-order valence-electron chi connectivity index (χ4n) is 2.98. The third-order valence-corrected chi connectivity index (χ3v) is 4.28. The molecule has 1 aliphatic heterocycles. The third kappa shape index (κ3) is 6.43. The second-order valence-electron chi connectivity index (χ2n) is 8.08. The zero-order valence-corrected chi connectivity index (χ0v) is 17.8. The van der Waals surface area contributed by atoms with Crippen LogP contribution in [-0.4, -0.2) is 41.6 Å². The number of nitrogens with zero attached hydrogens (tertiary/aromatic N) is 2. The van der Waals surface area contributed by atoms with E-state index in [4.69, 9.17) is 9.47 Å². The van der Waals surface area contributed by atoms with Crippen LogP contribution >= 0.6 is 0 Å². The summed E-state index contributed by atoms with van der Waals surface area (Å²) in [4.78, 5) is 43.1. The Morgan fingerprint density at radius 2 is 1.81 bits per heavy atom. The average molecular weight is 426 g/mol. The molecular formula is C22H26N4O5. The maximum Gasteiger partial charge on any atom is 0.240 e. The van der Waals surface area contributed by atoms with Crippen molar-refractivity contribution < 1.29 is 23.9 Å². The van der Waals surface area contributed by atoms with Crippen LogP contribution in [0.4, 0.5) is 11.5 Å². The molecule has 1 aromatic heterocycles. The van der Waals surface area contributed by atoms with Gasteiger partial charge in [0.2, 0.25) is 24.5 Å². The number of anilines is 2. The van der Waals surface area contributed by atoms with Gasteiger partial charge >= 0.3 is 0 Å². The van der Waals surface area contributed by atoms with E-state index in [2.05, 4.69) is 15.6 Å². The summed E-state index contributed by atoms with van der Waals surface area (Å²) >= 11 is 0. The predicted molar refractivity (Wildman–Crippen MR) is 115 cm³/mol. The van der Waals surface area contributed by atoms with E-state index in [1.54, 1.807) is 42.6 Å². The van der Waals surface area contributed by atoms with E-state index in [0.29, 0.717) is 23.0 Å². The van der Waals surface area contributed by atoms with Crippen LogP contribution in [0.1, 0.15) is 33.6 Å². The first-order valence-corrected chi connectivity index (χ1v) is 9.93. The van der Waals surface area contributed by atoms with Crippen molar-refractivity contribution in [2.24, 2.45) is 0 Å². The van der Waals surface area contributed by atoms with Crippen molar-refractivity contribution in [1.29, 1.82) is 0 Å². The van der Waals surface area contributed by atoms with Crippen molar-refractivity contribution in [3.05, 3.63) is 42.6 Å². The minimum Gasteiger partial charge on any atom is -0.454 e. The maximum absolute atomic E-state index is 13.0. The molecule has 0 atom stereocenters. The van der Waals surface area contributed by atoms with Gasteiger partial charge < -0.3 is 25.0 Å². The summed E-state index contributed by atoms with van der Waals surface area (Å²) in [7, 11) is 0. The lowest BCUT2D eigenvalue weighted by atomic mass is 10.1. The van der Waals surface area contributed by atoms with Crippen molar-refractivity contribution in [2.75, 3.05) is 23.6 Å². The lowest BCUT2D eigenvalue weighted by Crippen LogP contribution is -2.47. The first-order valence-electron chi connectivity index (χ1n) is 9.93. The Morgan fingerprint density at radius 1 is 1.03 bits per heavy atom. The normalized spacial score (nSPS) is 12.2. The van der Waals surface area contributed by atoms with E-state index < -0.39 is 5.54 Å². The Bertz CT molecular complexity index is 956. The average Bonchev–Trinajstić information content (AvgIpc) is 3.17. The van der Waals surface area contributed by atoms with Crippen molar-refractivity contribution in [3.8, 4) is 11.5 Å². The molecule has 0 spiro atoms. The van der Waals surface area contributed by atoms with E-state index in [-0.39, 0.29) is 43.9 Å². The number of amides is 3. The maximum atomic E-state index is 13.0. The molecule has 9 nitrogen and oxygen atoms in total.